The molecule has 4 nitrogen and oxygen atoms in total. The smallest absolute Gasteiger partial charge is 0.118 e. The summed E-state index contributed by atoms with van der Waals surface area (Å²) in [6, 6.07) is 15.9. The van der Waals surface area contributed by atoms with Crippen LogP contribution in [0.3, 0.4) is 0 Å². The summed E-state index contributed by atoms with van der Waals surface area (Å²) in [5, 5.41) is 4.57. The zero-order chi connectivity index (χ0) is 19.3. The number of benzene rings is 2. The second-order valence-electron chi connectivity index (χ2n) is 8.76. The second kappa shape index (κ2) is 6.40. The van der Waals surface area contributed by atoms with Gasteiger partial charge >= 0.3 is 0 Å². The van der Waals surface area contributed by atoms with Gasteiger partial charge in [-0.2, -0.15) is 5.10 Å². The molecular weight excluding hydrogens is 346 g/mol. The molecule has 5 rings (SSSR count). The Hall–Kier alpha value is -2.75. The largest absolute Gasteiger partial charge is 0.497 e. The van der Waals surface area contributed by atoms with E-state index in [1.54, 1.807) is 7.11 Å². The van der Waals surface area contributed by atoms with Gasteiger partial charge in [0.1, 0.15) is 5.75 Å². The molecule has 1 fully saturated rings. The van der Waals surface area contributed by atoms with Crippen molar-refractivity contribution in [2.75, 3.05) is 18.6 Å². The van der Waals surface area contributed by atoms with E-state index >= 15 is 0 Å². The Bertz CT molecular complexity index is 999. The van der Waals surface area contributed by atoms with E-state index in [4.69, 9.17) is 4.74 Å². The highest BCUT2D eigenvalue weighted by molar-refractivity contribution is 5.73. The number of nitrogens with zero attached hydrogens (tertiary/aromatic N) is 3. The van der Waals surface area contributed by atoms with Gasteiger partial charge < -0.3 is 9.64 Å². The van der Waals surface area contributed by atoms with E-state index in [1.165, 1.54) is 40.8 Å². The minimum Gasteiger partial charge on any atom is -0.497 e. The molecule has 2 aromatic carbocycles. The lowest BCUT2D eigenvalue weighted by atomic mass is 9.86. The Kier molecular flexibility index (Phi) is 3.97. The second-order valence-corrected chi connectivity index (χ2v) is 8.76. The van der Waals surface area contributed by atoms with Crippen molar-refractivity contribution in [1.29, 1.82) is 0 Å². The van der Waals surface area contributed by atoms with Crippen molar-refractivity contribution in [2.45, 2.75) is 44.7 Å². The molecule has 0 N–H and O–H groups in total. The molecule has 0 saturated heterocycles. The molecule has 1 aliphatic heterocycles. The summed E-state index contributed by atoms with van der Waals surface area (Å²) < 4.78 is 7.42. The summed E-state index contributed by atoms with van der Waals surface area (Å²) in [6.45, 7) is 6.61. The van der Waals surface area contributed by atoms with Crippen LogP contribution in [-0.4, -0.2) is 23.4 Å². The van der Waals surface area contributed by atoms with E-state index in [9.17, 15) is 0 Å². The maximum Gasteiger partial charge on any atom is 0.118 e. The third-order valence-corrected chi connectivity index (χ3v) is 6.04. The van der Waals surface area contributed by atoms with Gasteiger partial charge in [-0.25, -0.2) is 0 Å². The molecule has 2 aliphatic rings. The van der Waals surface area contributed by atoms with E-state index in [2.05, 4.69) is 65.1 Å². The SMILES string of the molecule is COc1ccc(CN2CC(C)(C)c3ccc(-c4cnn(C5CC5)c4)cc32)cc1. The minimum absolute atomic E-state index is 0.151. The van der Waals surface area contributed by atoms with Gasteiger partial charge in [-0.1, -0.05) is 38.1 Å². The summed E-state index contributed by atoms with van der Waals surface area (Å²) >= 11 is 0. The van der Waals surface area contributed by atoms with Crippen molar-refractivity contribution in [3.8, 4) is 16.9 Å². The first-order chi connectivity index (χ1) is 13.5. The number of rotatable bonds is 5. The van der Waals surface area contributed by atoms with Crippen molar-refractivity contribution >= 4 is 5.69 Å². The van der Waals surface area contributed by atoms with Crippen molar-refractivity contribution in [1.82, 2.24) is 9.78 Å². The van der Waals surface area contributed by atoms with Crippen molar-refractivity contribution in [3.63, 3.8) is 0 Å². The molecule has 2 heterocycles. The Morgan fingerprint density at radius 1 is 1.07 bits per heavy atom. The highest BCUT2D eigenvalue weighted by atomic mass is 16.5. The lowest BCUT2D eigenvalue weighted by Gasteiger charge is -2.22. The van der Waals surface area contributed by atoms with E-state index < -0.39 is 0 Å². The fourth-order valence-electron chi connectivity index (χ4n) is 4.31. The number of fused-ring (bicyclic) bond motifs is 1. The van der Waals surface area contributed by atoms with Crippen LogP contribution in [0.25, 0.3) is 11.1 Å². The molecule has 0 amide bonds. The predicted molar refractivity (Wildman–Crippen MR) is 113 cm³/mol. The molecule has 28 heavy (non-hydrogen) atoms. The maximum atomic E-state index is 5.29. The molecular formula is C24H27N3O. The molecule has 0 unspecified atom stereocenters. The number of ether oxygens (including phenoxy) is 1. The average Bonchev–Trinajstić information content (AvgIpc) is 3.37. The van der Waals surface area contributed by atoms with Crippen LogP contribution < -0.4 is 9.64 Å². The van der Waals surface area contributed by atoms with Crippen LogP contribution in [0.4, 0.5) is 5.69 Å². The van der Waals surface area contributed by atoms with Crippen LogP contribution in [0, 0.1) is 0 Å². The maximum absolute atomic E-state index is 5.29. The lowest BCUT2D eigenvalue weighted by molar-refractivity contribution is 0.414. The molecule has 1 aromatic heterocycles. The van der Waals surface area contributed by atoms with Gasteiger partial charge in [0.05, 0.1) is 19.3 Å². The summed E-state index contributed by atoms with van der Waals surface area (Å²) in [6.07, 6.45) is 6.73. The van der Waals surface area contributed by atoms with Crippen molar-refractivity contribution in [2.24, 2.45) is 0 Å². The molecule has 0 atom stereocenters. The molecule has 1 saturated carbocycles. The van der Waals surface area contributed by atoms with Gasteiger partial charge in [-0.05, 0) is 47.7 Å². The van der Waals surface area contributed by atoms with Gasteiger partial charge in [0.25, 0.3) is 0 Å². The van der Waals surface area contributed by atoms with Gasteiger partial charge in [-0.15, -0.1) is 0 Å². The molecule has 0 spiro atoms. The molecule has 144 valence electrons. The molecule has 4 heteroatoms. The van der Waals surface area contributed by atoms with E-state index in [0.29, 0.717) is 6.04 Å². The van der Waals surface area contributed by atoms with Gasteiger partial charge in [-0.3, -0.25) is 4.68 Å². The number of anilines is 1. The van der Waals surface area contributed by atoms with Crippen molar-refractivity contribution in [3.05, 3.63) is 66.0 Å². The quantitative estimate of drug-likeness (QED) is 0.616. The summed E-state index contributed by atoms with van der Waals surface area (Å²) in [5.41, 5.74) is 6.69. The highest BCUT2D eigenvalue weighted by Gasteiger charge is 2.35. The lowest BCUT2D eigenvalue weighted by Crippen LogP contribution is -2.28. The Morgan fingerprint density at radius 2 is 1.86 bits per heavy atom. The summed E-state index contributed by atoms with van der Waals surface area (Å²) in [5.74, 6) is 0.904. The monoisotopic (exact) mass is 373 g/mol. The van der Waals surface area contributed by atoms with Crippen LogP contribution >= 0.6 is 0 Å². The average molecular weight is 374 g/mol. The summed E-state index contributed by atoms with van der Waals surface area (Å²) in [7, 11) is 1.71. The number of aromatic nitrogens is 2. The minimum atomic E-state index is 0.151. The first-order valence-corrected chi connectivity index (χ1v) is 10.1. The van der Waals surface area contributed by atoms with E-state index in [0.717, 1.165) is 18.8 Å². The molecule has 0 bridgehead atoms. The zero-order valence-electron chi connectivity index (χ0n) is 16.9. The van der Waals surface area contributed by atoms with Gasteiger partial charge in [0, 0.05) is 36.0 Å². The number of hydrogen-bond acceptors (Lipinski definition) is 3. The van der Waals surface area contributed by atoms with Gasteiger partial charge in [0.15, 0.2) is 0 Å². The van der Waals surface area contributed by atoms with E-state index in [-0.39, 0.29) is 5.41 Å². The van der Waals surface area contributed by atoms with Crippen LogP contribution in [0.15, 0.2) is 54.9 Å². The molecule has 3 aromatic rings. The fourth-order valence-corrected chi connectivity index (χ4v) is 4.31. The predicted octanol–water partition coefficient (Wildman–Crippen LogP) is 5.19. The van der Waals surface area contributed by atoms with Crippen molar-refractivity contribution < 1.29 is 4.74 Å². The van der Waals surface area contributed by atoms with Crippen LogP contribution in [0.1, 0.15) is 43.9 Å². The summed E-state index contributed by atoms with van der Waals surface area (Å²) in [4.78, 5) is 2.51. The van der Waals surface area contributed by atoms with Gasteiger partial charge in [0.2, 0.25) is 0 Å². The topological polar surface area (TPSA) is 30.3 Å². The Labute approximate surface area is 166 Å². The molecule has 1 aliphatic carbocycles. The fraction of sp³-hybridized carbons (Fsp3) is 0.375. The van der Waals surface area contributed by atoms with Crippen LogP contribution in [0.5, 0.6) is 5.75 Å². The Morgan fingerprint density at radius 3 is 2.57 bits per heavy atom. The normalized spacial score (nSPS) is 17.6. The first-order valence-electron chi connectivity index (χ1n) is 10.1. The third kappa shape index (κ3) is 3.07. The van der Waals surface area contributed by atoms with Crippen LogP contribution in [-0.2, 0) is 12.0 Å². The third-order valence-electron chi connectivity index (χ3n) is 6.04. The number of methoxy groups -OCH3 is 1. The standard InChI is InChI=1S/C24H27N3O/c1-24(2)16-26(14-17-4-9-21(28-3)10-5-17)23-12-18(6-11-22(23)24)19-13-25-27(15-19)20-7-8-20/h4-6,9-13,15,20H,7-8,14,16H2,1-3H3. The highest BCUT2D eigenvalue weighted by Crippen LogP contribution is 2.43. The van der Waals surface area contributed by atoms with Crippen LogP contribution in [0.2, 0.25) is 0 Å². The Balaban J connectivity index is 1.46. The first kappa shape index (κ1) is 17.4. The molecule has 0 radical (unpaired) electrons. The number of hydrogen-bond donors (Lipinski definition) is 0. The zero-order valence-corrected chi connectivity index (χ0v) is 16.9. The van der Waals surface area contributed by atoms with E-state index in [1.807, 2.05) is 18.3 Å².